The van der Waals surface area contributed by atoms with Crippen LogP contribution in [-0.4, -0.2) is 11.9 Å². The Morgan fingerprint density at radius 2 is 0.667 bits per heavy atom. The van der Waals surface area contributed by atoms with E-state index in [1.807, 2.05) is 135 Å². The summed E-state index contributed by atoms with van der Waals surface area (Å²) >= 11 is 0. The molecule has 0 spiro atoms. The average Bonchev–Trinajstić information content (AvgIpc) is 3.34. The van der Waals surface area contributed by atoms with Crippen molar-refractivity contribution in [3.05, 3.63) is 228 Å². The quantitative estimate of drug-likeness (QED) is 0.0615. The van der Waals surface area contributed by atoms with Crippen molar-refractivity contribution in [2.75, 3.05) is 0 Å². The van der Waals surface area contributed by atoms with Crippen LogP contribution in [0.1, 0.15) is 61.1 Å². The summed E-state index contributed by atoms with van der Waals surface area (Å²) in [5, 5.41) is 0. The fourth-order valence-electron chi connectivity index (χ4n) is 8.50. The van der Waals surface area contributed by atoms with Gasteiger partial charge < -0.3 is 18.9 Å². The van der Waals surface area contributed by atoms with E-state index in [0.29, 0.717) is 34.1 Å². The minimum absolute atomic E-state index is 0.315. The van der Waals surface area contributed by atoms with Crippen LogP contribution in [0.4, 0.5) is 0 Å². The Bertz CT molecular complexity index is 3020. The van der Waals surface area contributed by atoms with E-state index in [1.165, 1.54) is 0 Å². The molecule has 0 N–H and O–H groups in total. The van der Waals surface area contributed by atoms with E-state index in [0.717, 1.165) is 89.4 Å². The highest BCUT2D eigenvalue weighted by atomic mass is 16.5. The molecule has 344 valence electrons. The van der Waals surface area contributed by atoms with E-state index in [4.69, 9.17) is 18.9 Å². The molecule has 0 heterocycles. The van der Waals surface area contributed by atoms with Gasteiger partial charge >= 0.3 is 11.9 Å². The number of hydrogen-bond acceptors (Lipinski definition) is 6. The lowest BCUT2D eigenvalue weighted by molar-refractivity contribution is -0.130. The van der Waals surface area contributed by atoms with E-state index in [9.17, 15) is 9.59 Å². The second-order valence-corrected chi connectivity index (χ2v) is 18.2. The highest BCUT2D eigenvalue weighted by Gasteiger charge is 2.29. The lowest BCUT2D eigenvalue weighted by Crippen LogP contribution is -2.20. The molecule has 6 nitrogen and oxygen atoms in total. The molecule has 0 atom stereocenters. The van der Waals surface area contributed by atoms with Gasteiger partial charge in [-0.2, -0.15) is 0 Å². The van der Waals surface area contributed by atoms with Crippen LogP contribution < -0.4 is 18.9 Å². The van der Waals surface area contributed by atoms with Crippen molar-refractivity contribution in [1.29, 1.82) is 0 Å². The Labute approximate surface area is 406 Å². The van der Waals surface area contributed by atoms with Crippen LogP contribution in [0.2, 0.25) is 0 Å². The van der Waals surface area contributed by atoms with Crippen LogP contribution in [-0.2, 0) is 15.0 Å². The fourth-order valence-corrected chi connectivity index (χ4v) is 8.50. The zero-order valence-corrected chi connectivity index (χ0v) is 40.5. The monoisotopic (exact) mass is 908 g/mol. The van der Waals surface area contributed by atoms with Crippen molar-refractivity contribution >= 4 is 11.9 Å². The van der Waals surface area contributed by atoms with Crippen molar-refractivity contribution in [3.63, 3.8) is 0 Å². The van der Waals surface area contributed by atoms with Gasteiger partial charge in [0.1, 0.15) is 34.5 Å². The van der Waals surface area contributed by atoms with Gasteiger partial charge in [-0.25, -0.2) is 9.59 Å². The molecule has 69 heavy (non-hydrogen) atoms. The van der Waals surface area contributed by atoms with E-state index in [-0.39, 0.29) is 0 Å². The third kappa shape index (κ3) is 10.2. The van der Waals surface area contributed by atoms with E-state index >= 15 is 0 Å². The molecule has 0 fully saturated rings. The van der Waals surface area contributed by atoms with Crippen molar-refractivity contribution < 1.29 is 28.5 Å². The molecule has 6 heteroatoms. The van der Waals surface area contributed by atoms with Crippen molar-refractivity contribution in [1.82, 2.24) is 0 Å². The minimum Gasteiger partial charge on any atom is -0.456 e. The molecule has 0 saturated heterocycles. The molecule has 0 bridgehead atoms. The second-order valence-electron chi connectivity index (χ2n) is 18.2. The molecule has 0 aliphatic carbocycles. The topological polar surface area (TPSA) is 71.1 Å². The third-order valence-electron chi connectivity index (χ3n) is 12.4. The van der Waals surface area contributed by atoms with Gasteiger partial charge in [0.05, 0.1) is 0 Å². The Kier molecular flexibility index (Phi) is 13.7. The second kappa shape index (κ2) is 19.9. The highest BCUT2D eigenvalue weighted by molar-refractivity contribution is 5.92. The summed E-state index contributed by atoms with van der Waals surface area (Å²) in [6.07, 6.45) is 0. The van der Waals surface area contributed by atoms with Gasteiger partial charge in [0.25, 0.3) is 0 Å². The van der Waals surface area contributed by atoms with Crippen LogP contribution >= 0.6 is 0 Å². The summed E-state index contributed by atoms with van der Waals surface area (Å²) in [5.74, 6) is 2.63. The Hall–Kier alpha value is -8.22. The summed E-state index contributed by atoms with van der Waals surface area (Å²) in [4.78, 5) is 25.7. The molecule has 0 aliphatic rings. The highest BCUT2D eigenvalue weighted by Crippen LogP contribution is 2.47. The number of carbonyl (C=O) groups excluding carboxylic acids is 2. The Morgan fingerprint density at radius 1 is 0.391 bits per heavy atom. The largest absolute Gasteiger partial charge is 0.456 e. The number of aryl methyl sites for hydroxylation is 4. The predicted molar refractivity (Wildman–Crippen MR) is 280 cm³/mol. The summed E-state index contributed by atoms with van der Waals surface area (Å²) in [5.41, 5.74) is 12.9. The molecule has 0 radical (unpaired) electrons. The standard InChI is InChI=1S/C63H56O6/c1-39(2)61(64)68-59-43(7)33-51(37-55(59)47-27-19-13-20-28-47)66-57-41(5)31-49(35-53(57)45-23-15-11-16-24-45)63(9,10)50-32-42(6)58(54(36-50)46-25-17-12-18-26-46)67-52-34-44(8)60(69-62(65)40(3)4)56(38-52)48-29-21-14-22-30-48/h11-38H,1,3H2,2,4-10H3. The SMILES string of the molecule is C=C(C)C(=O)Oc1c(C)cc(Oc2c(C)cc(C(C)(C)c3cc(C)c(Oc4cc(C)c(OC(=O)C(=C)C)c(-c5ccccc5)c4)c(-c4ccccc4)c3)cc2-c2ccccc2)cc1-c1ccccc1. The van der Waals surface area contributed by atoms with Crippen LogP contribution in [0.25, 0.3) is 44.5 Å². The van der Waals surface area contributed by atoms with Crippen LogP contribution in [0.3, 0.4) is 0 Å². The zero-order chi connectivity index (χ0) is 49.0. The van der Waals surface area contributed by atoms with E-state index < -0.39 is 17.4 Å². The van der Waals surface area contributed by atoms with E-state index in [2.05, 4.69) is 89.4 Å². The van der Waals surface area contributed by atoms with Gasteiger partial charge in [0, 0.05) is 38.8 Å². The van der Waals surface area contributed by atoms with Gasteiger partial charge in [0.15, 0.2) is 0 Å². The van der Waals surface area contributed by atoms with Crippen molar-refractivity contribution in [2.24, 2.45) is 0 Å². The number of hydrogen-bond donors (Lipinski definition) is 0. The van der Waals surface area contributed by atoms with Gasteiger partial charge in [-0.15, -0.1) is 0 Å². The first-order valence-corrected chi connectivity index (χ1v) is 23.0. The first kappa shape index (κ1) is 47.3. The summed E-state index contributed by atoms with van der Waals surface area (Å²) < 4.78 is 25.8. The van der Waals surface area contributed by atoms with Crippen LogP contribution in [0.15, 0.2) is 194 Å². The smallest absolute Gasteiger partial charge is 0.338 e. The normalized spacial score (nSPS) is 11.1. The molecule has 0 unspecified atom stereocenters. The first-order valence-electron chi connectivity index (χ1n) is 23.0. The Morgan fingerprint density at radius 3 is 0.957 bits per heavy atom. The number of benzene rings is 8. The Balaban J connectivity index is 1.22. The number of rotatable bonds is 14. The maximum Gasteiger partial charge on any atom is 0.338 e. The summed E-state index contributed by atoms with van der Waals surface area (Å²) in [6.45, 7) is 23.4. The maximum absolute atomic E-state index is 12.8. The molecule has 0 aliphatic heterocycles. The molecule has 0 amide bonds. The van der Waals surface area contributed by atoms with E-state index in [1.54, 1.807) is 13.8 Å². The summed E-state index contributed by atoms with van der Waals surface area (Å²) in [7, 11) is 0. The maximum atomic E-state index is 12.8. The van der Waals surface area contributed by atoms with Crippen molar-refractivity contribution in [3.8, 4) is 79.0 Å². The molecule has 0 aromatic heterocycles. The molecular formula is C63H56O6. The van der Waals surface area contributed by atoms with Crippen LogP contribution in [0, 0.1) is 27.7 Å². The first-order chi connectivity index (χ1) is 33.1. The minimum atomic E-state index is -0.503. The van der Waals surface area contributed by atoms with Gasteiger partial charge in [-0.1, -0.05) is 160 Å². The van der Waals surface area contributed by atoms with Gasteiger partial charge in [-0.05, 0) is 134 Å². The predicted octanol–water partition coefficient (Wildman–Crippen LogP) is 16.5. The van der Waals surface area contributed by atoms with Crippen LogP contribution in [0.5, 0.6) is 34.5 Å². The van der Waals surface area contributed by atoms with Crippen molar-refractivity contribution in [2.45, 2.75) is 60.8 Å². The molecular weight excluding hydrogens is 853 g/mol. The summed E-state index contributed by atoms with van der Waals surface area (Å²) in [6, 6.07) is 56.9. The molecule has 8 aromatic carbocycles. The number of esters is 2. The fraction of sp³-hybridized carbons (Fsp3) is 0.143. The average molecular weight is 909 g/mol. The lowest BCUT2D eigenvalue weighted by atomic mass is 9.75. The zero-order valence-electron chi connectivity index (χ0n) is 40.5. The lowest BCUT2D eigenvalue weighted by Gasteiger charge is -2.30. The number of carbonyl (C=O) groups is 2. The van der Waals surface area contributed by atoms with Gasteiger partial charge in [0.2, 0.25) is 0 Å². The third-order valence-corrected chi connectivity index (χ3v) is 12.4. The van der Waals surface area contributed by atoms with Gasteiger partial charge in [-0.3, -0.25) is 0 Å². The molecule has 8 rings (SSSR count). The molecule has 0 saturated carbocycles. The molecule has 8 aromatic rings. The number of ether oxygens (including phenoxy) is 4.